The zero-order valence-electron chi connectivity index (χ0n) is 17.0. The lowest BCUT2D eigenvalue weighted by Crippen LogP contribution is -2.32. The van der Waals surface area contributed by atoms with Crippen molar-refractivity contribution >= 4 is 28.5 Å². The van der Waals surface area contributed by atoms with E-state index in [4.69, 9.17) is 14.2 Å². The molecular weight excluding hydrogens is 390 g/mol. The summed E-state index contributed by atoms with van der Waals surface area (Å²) >= 11 is 0. The molecule has 1 atom stereocenters. The third-order valence-electron chi connectivity index (χ3n) is 4.67. The van der Waals surface area contributed by atoms with Crippen molar-refractivity contribution in [1.82, 2.24) is 9.55 Å². The van der Waals surface area contributed by atoms with Crippen LogP contribution >= 0.6 is 0 Å². The van der Waals surface area contributed by atoms with Crippen LogP contribution in [0.25, 0.3) is 10.9 Å². The van der Waals surface area contributed by atoms with E-state index in [0.717, 1.165) is 0 Å². The SMILES string of the molecule is COC(=O)c1cc(OC)c(OC)cc1NC(=O)C(C)n1cnc2ccccc2c1=O. The molecular formula is C21H21N3O6. The highest BCUT2D eigenvalue weighted by molar-refractivity contribution is 6.03. The van der Waals surface area contributed by atoms with Gasteiger partial charge >= 0.3 is 5.97 Å². The van der Waals surface area contributed by atoms with Crippen LogP contribution in [0.2, 0.25) is 0 Å². The van der Waals surface area contributed by atoms with Gasteiger partial charge in [0.05, 0.1) is 49.8 Å². The number of hydrogen-bond acceptors (Lipinski definition) is 7. The number of carbonyl (C=O) groups is 2. The predicted molar refractivity (Wildman–Crippen MR) is 110 cm³/mol. The van der Waals surface area contributed by atoms with Crippen molar-refractivity contribution in [2.24, 2.45) is 0 Å². The average Bonchev–Trinajstić information content (AvgIpc) is 2.78. The summed E-state index contributed by atoms with van der Waals surface area (Å²) in [6, 6.07) is 8.85. The Balaban J connectivity index is 1.98. The number of amides is 1. The van der Waals surface area contributed by atoms with Gasteiger partial charge < -0.3 is 19.5 Å². The number of carbonyl (C=O) groups excluding carboxylic acids is 2. The van der Waals surface area contributed by atoms with E-state index in [9.17, 15) is 14.4 Å². The van der Waals surface area contributed by atoms with Crippen LogP contribution in [-0.4, -0.2) is 42.8 Å². The number of esters is 1. The maximum absolute atomic E-state index is 12.9. The van der Waals surface area contributed by atoms with E-state index < -0.39 is 17.9 Å². The van der Waals surface area contributed by atoms with Gasteiger partial charge in [-0.1, -0.05) is 12.1 Å². The molecule has 1 amide bonds. The van der Waals surface area contributed by atoms with Crippen molar-refractivity contribution in [2.75, 3.05) is 26.6 Å². The van der Waals surface area contributed by atoms with Crippen LogP contribution < -0.4 is 20.3 Å². The van der Waals surface area contributed by atoms with Crippen LogP contribution in [0.15, 0.2) is 47.5 Å². The Labute approximate surface area is 172 Å². The highest BCUT2D eigenvalue weighted by atomic mass is 16.5. The molecule has 0 saturated carbocycles. The fraction of sp³-hybridized carbons (Fsp3) is 0.238. The number of rotatable bonds is 6. The standard InChI is InChI=1S/C21H21N3O6/c1-12(24-11-22-15-8-6-5-7-13(15)20(24)26)19(25)23-16-10-18(29-3)17(28-2)9-14(16)21(27)30-4/h5-12H,1-4H3,(H,23,25). The summed E-state index contributed by atoms with van der Waals surface area (Å²) in [5, 5.41) is 3.07. The van der Waals surface area contributed by atoms with Crippen molar-refractivity contribution < 1.29 is 23.8 Å². The van der Waals surface area contributed by atoms with E-state index in [1.165, 1.54) is 44.4 Å². The first-order valence-corrected chi connectivity index (χ1v) is 9.02. The summed E-state index contributed by atoms with van der Waals surface area (Å²) in [6.45, 7) is 1.56. The molecule has 0 saturated heterocycles. The zero-order valence-corrected chi connectivity index (χ0v) is 17.0. The summed E-state index contributed by atoms with van der Waals surface area (Å²) in [5.74, 6) is -0.563. The van der Waals surface area contributed by atoms with Crippen LogP contribution in [0.5, 0.6) is 11.5 Å². The monoisotopic (exact) mass is 411 g/mol. The highest BCUT2D eigenvalue weighted by Crippen LogP contribution is 2.34. The molecule has 30 heavy (non-hydrogen) atoms. The second-order valence-electron chi connectivity index (χ2n) is 6.38. The molecule has 1 aromatic heterocycles. The van der Waals surface area contributed by atoms with Gasteiger partial charge in [-0.15, -0.1) is 0 Å². The first kappa shape index (κ1) is 20.8. The molecule has 0 bridgehead atoms. The molecule has 2 aromatic carbocycles. The van der Waals surface area contributed by atoms with Crippen LogP contribution in [0.1, 0.15) is 23.3 Å². The molecule has 0 aliphatic rings. The maximum atomic E-state index is 12.9. The number of hydrogen-bond donors (Lipinski definition) is 1. The van der Waals surface area contributed by atoms with E-state index in [2.05, 4.69) is 10.3 Å². The van der Waals surface area contributed by atoms with Gasteiger partial charge in [0.1, 0.15) is 6.04 Å². The number of anilines is 1. The summed E-state index contributed by atoms with van der Waals surface area (Å²) < 4.78 is 16.5. The van der Waals surface area contributed by atoms with Gasteiger partial charge in [0.2, 0.25) is 5.91 Å². The average molecular weight is 411 g/mol. The van der Waals surface area contributed by atoms with E-state index in [0.29, 0.717) is 22.4 Å². The zero-order chi connectivity index (χ0) is 21.8. The van der Waals surface area contributed by atoms with Gasteiger partial charge in [-0.25, -0.2) is 9.78 Å². The quantitative estimate of drug-likeness (QED) is 0.621. The van der Waals surface area contributed by atoms with E-state index in [1.807, 2.05) is 0 Å². The number of para-hydroxylation sites is 1. The van der Waals surface area contributed by atoms with E-state index >= 15 is 0 Å². The molecule has 3 aromatic rings. The smallest absolute Gasteiger partial charge is 0.340 e. The Bertz CT molecular complexity index is 1170. The van der Waals surface area contributed by atoms with Crippen LogP contribution in [0.3, 0.4) is 0 Å². The Hall–Kier alpha value is -3.88. The Morgan fingerprint density at radius 3 is 2.40 bits per heavy atom. The topological polar surface area (TPSA) is 109 Å². The number of methoxy groups -OCH3 is 3. The van der Waals surface area contributed by atoms with Crippen molar-refractivity contribution in [1.29, 1.82) is 0 Å². The Kier molecular flexibility index (Phi) is 6.01. The molecule has 0 fully saturated rings. The molecule has 0 aliphatic heterocycles. The summed E-state index contributed by atoms with van der Waals surface area (Å²) in [7, 11) is 4.09. The molecule has 0 spiro atoms. The fourth-order valence-electron chi connectivity index (χ4n) is 2.98. The Morgan fingerprint density at radius 2 is 1.73 bits per heavy atom. The third-order valence-corrected chi connectivity index (χ3v) is 4.67. The Morgan fingerprint density at radius 1 is 1.07 bits per heavy atom. The van der Waals surface area contributed by atoms with Crippen molar-refractivity contribution in [3.63, 3.8) is 0 Å². The molecule has 1 heterocycles. The summed E-state index contributed by atoms with van der Waals surface area (Å²) in [5.41, 5.74) is 0.445. The van der Waals surface area contributed by atoms with E-state index in [1.54, 1.807) is 31.2 Å². The molecule has 1 N–H and O–H groups in total. The van der Waals surface area contributed by atoms with E-state index in [-0.39, 0.29) is 16.8 Å². The van der Waals surface area contributed by atoms with Crippen molar-refractivity contribution in [3.8, 4) is 11.5 Å². The first-order chi connectivity index (χ1) is 14.4. The first-order valence-electron chi connectivity index (χ1n) is 9.02. The third kappa shape index (κ3) is 3.82. The van der Waals surface area contributed by atoms with Crippen LogP contribution in [0, 0.1) is 0 Å². The van der Waals surface area contributed by atoms with Gasteiger partial charge in [0.25, 0.3) is 5.56 Å². The van der Waals surface area contributed by atoms with Gasteiger partial charge in [0.15, 0.2) is 11.5 Å². The minimum Gasteiger partial charge on any atom is -0.493 e. The maximum Gasteiger partial charge on any atom is 0.340 e. The molecule has 0 radical (unpaired) electrons. The lowest BCUT2D eigenvalue weighted by Gasteiger charge is -2.18. The van der Waals surface area contributed by atoms with Gasteiger partial charge in [-0.3, -0.25) is 14.2 Å². The molecule has 9 heteroatoms. The molecule has 0 aliphatic carbocycles. The number of aromatic nitrogens is 2. The second-order valence-corrected chi connectivity index (χ2v) is 6.38. The minimum atomic E-state index is -0.895. The molecule has 9 nitrogen and oxygen atoms in total. The lowest BCUT2D eigenvalue weighted by atomic mass is 10.1. The van der Waals surface area contributed by atoms with Crippen LogP contribution in [0.4, 0.5) is 5.69 Å². The molecule has 3 rings (SSSR count). The second kappa shape index (κ2) is 8.64. The summed E-state index contributed by atoms with van der Waals surface area (Å²) in [6.07, 6.45) is 1.32. The number of nitrogens with one attached hydrogen (secondary N) is 1. The molecule has 156 valence electrons. The largest absolute Gasteiger partial charge is 0.493 e. The van der Waals surface area contributed by atoms with Gasteiger partial charge in [-0.2, -0.15) is 0 Å². The number of fused-ring (bicyclic) bond motifs is 1. The summed E-state index contributed by atoms with van der Waals surface area (Å²) in [4.78, 5) is 42.1. The van der Waals surface area contributed by atoms with Crippen molar-refractivity contribution in [2.45, 2.75) is 13.0 Å². The minimum absolute atomic E-state index is 0.0830. The molecule has 1 unspecified atom stereocenters. The van der Waals surface area contributed by atoms with Gasteiger partial charge in [0, 0.05) is 12.1 Å². The van der Waals surface area contributed by atoms with Gasteiger partial charge in [-0.05, 0) is 19.1 Å². The fourth-order valence-corrected chi connectivity index (χ4v) is 2.98. The number of ether oxygens (including phenoxy) is 3. The van der Waals surface area contributed by atoms with Crippen molar-refractivity contribution in [3.05, 3.63) is 58.6 Å². The normalized spacial score (nSPS) is 11.6. The highest BCUT2D eigenvalue weighted by Gasteiger charge is 2.23. The number of nitrogens with zero attached hydrogens (tertiary/aromatic N) is 2. The predicted octanol–water partition coefficient (Wildman–Crippen LogP) is 2.40. The number of benzene rings is 2. The lowest BCUT2D eigenvalue weighted by molar-refractivity contribution is -0.118. The van der Waals surface area contributed by atoms with Crippen LogP contribution in [-0.2, 0) is 9.53 Å².